The molecule has 0 saturated heterocycles. The number of thiophene rings is 2. The zero-order chi connectivity index (χ0) is 42.5. The van der Waals surface area contributed by atoms with Crippen LogP contribution in [0.4, 0.5) is 52.7 Å². The van der Waals surface area contributed by atoms with Gasteiger partial charge in [0.1, 0.15) is 0 Å². The Morgan fingerprint density at radius 2 is 0.772 bits per heavy atom. The molecule has 0 radical (unpaired) electrons. The standard InChI is InChI=1S/C43H44F12S2/c1-7-11-25(12-8-2)37-31(23(5)35(56-37)27-15-19-29(20-16-27)41(48,49)50)33-34(40(46,47)43(54,55)39(33,44)45)32-24(6)36(57-38(32)26(13-9-3)14-10-4)28-17-21-30(22-18-28)42(51,52)53/h15-22,25-26H,7-14H2,1-6H3. The molecule has 2 aromatic carbocycles. The predicted octanol–water partition coefficient (Wildman–Crippen LogP) is 17.0. The highest BCUT2D eigenvalue weighted by atomic mass is 32.1. The molecule has 0 nitrogen and oxygen atoms in total. The average molecular weight is 853 g/mol. The molecule has 0 saturated carbocycles. The summed E-state index contributed by atoms with van der Waals surface area (Å²) in [7, 11) is 0. The molecule has 0 spiro atoms. The van der Waals surface area contributed by atoms with Gasteiger partial charge in [0, 0.05) is 41.8 Å². The second-order valence-corrected chi connectivity index (χ2v) is 16.9. The van der Waals surface area contributed by atoms with Crippen LogP contribution < -0.4 is 0 Å². The first-order valence-corrected chi connectivity index (χ1v) is 20.6. The van der Waals surface area contributed by atoms with Crippen LogP contribution in [0.2, 0.25) is 0 Å². The zero-order valence-electron chi connectivity index (χ0n) is 32.3. The first kappa shape index (κ1) is 44.8. The molecule has 2 aromatic heterocycles. The molecule has 0 bridgehead atoms. The average Bonchev–Trinajstić information content (AvgIpc) is 3.67. The Bertz CT molecular complexity index is 1900. The van der Waals surface area contributed by atoms with Gasteiger partial charge in [0.05, 0.1) is 11.1 Å². The minimum Gasteiger partial charge on any atom is -0.194 e. The molecule has 1 aliphatic carbocycles. The van der Waals surface area contributed by atoms with Crippen LogP contribution in [0, 0.1) is 13.8 Å². The molecule has 0 N–H and O–H groups in total. The van der Waals surface area contributed by atoms with Crippen LogP contribution in [-0.2, 0) is 12.4 Å². The molecule has 0 fully saturated rings. The van der Waals surface area contributed by atoms with Gasteiger partial charge in [-0.3, -0.25) is 0 Å². The predicted molar refractivity (Wildman–Crippen MR) is 206 cm³/mol. The lowest BCUT2D eigenvalue weighted by atomic mass is 9.83. The summed E-state index contributed by atoms with van der Waals surface area (Å²) in [5, 5.41) is 0. The third kappa shape index (κ3) is 7.94. The molecule has 2 heterocycles. The molecule has 0 aliphatic heterocycles. The van der Waals surface area contributed by atoms with Crippen molar-refractivity contribution in [2.24, 2.45) is 0 Å². The van der Waals surface area contributed by atoms with Crippen molar-refractivity contribution in [3.8, 4) is 20.9 Å². The molecule has 5 rings (SSSR count). The smallest absolute Gasteiger partial charge is 0.194 e. The number of rotatable bonds is 14. The van der Waals surface area contributed by atoms with Crippen molar-refractivity contribution in [1.29, 1.82) is 0 Å². The molecular weight excluding hydrogens is 809 g/mol. The number of alkyl halides is 12. The summed E-state index contributed by atoms with van der Waals surface area (Å²) < 4.78 is 181. The van der Waals surface area contributed by atoms with Gasteiger partial charge in [-0.05, 0) is 97.9 Å². The van der Waals surface area contributed by atoms with Gasteiger partial charge in [0.25, 0.3) is 0 Å². The molecule has 0 amide bonds. The largest absolute Gasteiger partial charge is 0.416 e. The van der Waals surface area contributed by atoms with E-state index in [9.17, 15) is 26.3 Å². The second-order valence-electron chi connectivity index (χ2n) is 14.8. The number of benzene rings is 2. The minimum absolute atomic E-state index is 0.0382. The number of hydrogen-bond acceptors (Lipinski definition) is 2. The minimum atomic E-state index is -5.90. The van der Waals surface area contributed by atoms with Crippen molar-refractivity contribution in [2.45, 2.75) is 135 Å². The van der Waals surface area contributed by atoms with Gasteiger partial charge in [-0.25, -0.2) is 0 Å². The zero-order valence-corrected chi connectivity index (χ0v) is 33.9. The fraction of sp³-hybridized carbons (Fsp3) is 0.488. The van der Waals surface area contributed by atoms with E-state index >= 15 is 26.3 Å². The highest BCUT2D eigenvalue weighted by Gasteiger charge is 2.81. The maximum atomic E-state index is 16.8. The van der Waals surface area contributed by atoms with E-state index in [1.807, 2.05) is 27.7 Å². The van der Waals surface area contributed by atoms with Gasteiger partial charge >= 0.3 is 30.1 Å². The fourth-order valence-corrected chi connectivity index (χ4v) is 11.0. The summed E-state index contributed by atoms with van der Waals surface area (Å²) in [5.74, 6) is -17.8. The van der Waals surface area contributed by atoms with Crippen molar-refractivity contribution in [3.63, 3.8) is 0 Å². The lowest BCUT2D eigenvalue weighted by Crippen LogP contribution is -2.49. The van der Waals surface area contributed by atoms with Crippen LogP contribution in [0.25, 0.3) is 32.0 Å². The van der Waals surface area contributed by atoms with Crippen LogP contribution in [0.15, 0.2) is 48.5 Å². The van der Waals surface area contributed by atoms with E-state index in [1.165, 1.54) is 13.8 Å². The van der Waals surface area contributed by atoms with Crippen LogP contribution in [0.3, 0.4) is 0 Å². The molecule has 14 heteroatoms. The highest BCUT2D eigenvalue weighted by molar-refractivity contribution is 7.16. The molecule has 0 atom stereocenters. The topological polar surface area (TPSA) is 0 Å². The number of halogens is 12. The molecule has 1 aliphatic rings. The molecule has 4 aromatic rings. The van der Waals surface area contributed by atoms with Crippen molar-refractivity contribution >= 4 is 33.8 Å². The summed E-state index contributed by atoms with van der Waals surface area (Å²) in [6.07, 6.45) is -5.66. The summed E-state index contributed by atoms with van der Waals surface area (Å²) in [6.45, 7) is 10.0. The van der Waals surface area contributed by atoms with E-state index in [2.05, 4.69) is 0 Å². The Balaban J connectivity index is 1.95. The maximum absolute atomic E-state index is 16.8. The Hall–Kier alpha value is -3.26. The highest BCUT2D eigenvalue weighted by Crippen LogP contribution is 2.68. The number of hydrogen-bond donors (Lipinski definition) is 0. The van der Waals surface area contributed by atoms with Crippen molar-refractivity contribution in [3.05, 3.63) is 91.7 Å². The molecule has 312 valence electrons. The molecule has 0 unspecified atom stereocenters. The Kier molecular flexibility index (Phi) is 12.9. The first-order valence-electron chi connectivity index (χ1n) is 19.0. The van der Waals surface area contributed by atoms with Gasteiger partial charge in [-0.1, -0.05) is 77.6 Å². The quantitative estimate of drug-likeness (QED) is 0.111. The summed E-state index contributed by atoms with van der Waals surface area (Å²) in [5.41, 5.74) is -5.64. The van der Waals surface area contributed by atoms with E-state index in [-0.39, 0.29) is 41.8 Å². The van der Waals surface area contributed by atoms with Gasteiger partial charge in [-0.15, -0.1) is 22.7 Å². The monoisotopic (exact) mass is 852 g/mol. The second kappa shape index (κ2) is 16.4. The maximum Gasteiger partial charge on any atom is 0.416 e. The Labute approximate surface area is 333 Å². The Morgan fingerprint density at radius 3 is 1.02 bits per heavy atom. The fourth-order valence-electron chi connectivity index (χ4n) is 8.04. The molecule has 57 heavy (non-hydrogen) atoms. The van der Waals surface area contributed by atoms with Crippen molar-refractivity contribution < 1.29 is 52.7 Å². The Morgan fingerprint density at radius 1 is 0.491 bits per heavy atom. The van der Waals surface area contributed by atoms with Crippen molar-refractivity contribution in [1.82, 2.24) is 0 Å². The lowest BCUT2D eigenvalue weighted by Gasteiger charge is -2.26. The van der Waals surface area contributed by atoms with E-state index < -0.39 is 75.4 Å². The summed E-state index contributed by atoms with van der Waals surface area (Å²) in [6, 6.07) is 7.83. The van der Waals surface area contributed by atoms with E-state index in [0.29, 0.717) is 51.4 Å². The van der Waals surface area contributed by atoms with E-state index in [0.717, 1.165) is 71.2 Å². The molecular formula is C43H44F12S2. The normalized spacial score (nSPS) is 16.8. The van der Waals surface area contributed by atoms with Gasteiger partial charge in [-0.2, -0.15) is 52.7 Å². The third-order valence-electron chi connectivity index (χ3n) is 10.8. The first-order chi connectivity index (χ1) is 26.5. The van der Waals surface area contributed by atoms with Crippen LogP contribution in [-0.4, -0.2) is 17.8 Å². The summed E-state index contributed by atoms with van der Waals surface area (Å²) >= 11 is 1.87. The SMILES string of the molecule is CCCC(CCC)c1sc(-c2ccc(C(F)(F)F)cc2)c(C)c1C1=C(c2c(C(CCC)CCC)sc(-c3ccc(C(F)(F)F)cc3)c2C)C(F)(F)C(F)(F)C1(F)F. The van der Waals surface area contributed by atoms with Crippen molar-refractivity contribution in [2.75, 3.05) is 0 Å². The summed E-state index contributed by atoms with van der Waals surface area (Å²) in [4.78, 5) is 0.718. The number of allylic oxidation sites excluding steroid dienone is 2. The lowest BCUT2D eigenvalue weighted by molar-refractivity contribution is -0.254. The van der Waals surface area contributed by atoms with Gasteiger partial charge in [0.15, 0.2) is 0 Å². The van der Waals surface area contributed by atoms with Gasteiger partial charge < -0.3 is 0 Å². The van der Waals surface area contributed by atoms with Crippen LogP contribution in [0.1, 0.15) is 134 Å². The van der Waals surface area contributed by atoms with Crippen LogP contribution >= 0.6 is 22.7 Å². The van der Waals surface area contributed by atoms with E-state index in [1.54, 1.807) is 0 Å². The van der Waals surface area contributed by atoms with E-state index in [4.69, 9.17) is 0 Å². The third-order valence-corrected chi connectivity index (χ3v) is 13.8. The van der Waals surface area contributed by atoms with Gasteiger partial charge in [0.2, 0.25) is 0 Å². The van der Waals surface area contributed by atoms with Crippen LogP contribution in [0.5, 0.6) is 0 Å².